The van der Waals surface area contributed by atoms with Crippen LogP contribution in [0.25, 0.3) is 28.2 Å². The lowest BCUT2D eigenvalue weighted by Crippen LogP contribution is -2.58. The molecule has 1 aromatic carbocycles. The molecule has 1 fully saturated rings. The number of rotatable bonds is 3. The Kier molecular flexibility index (Phi) is 4.07. The number of anilines is 1. The summed E-state index contributed by atoms with van der Waals surface area (Å²) in [4.78, 5) is 16.5. The SMILES string of the molecule is CC[C@]12COCCN1c1nc(-c3ccncc3-c3ccccc3)ncc1-n1cnnc12. The number of aromatic nitrogens is 6. The van der Waals surface area contributed by atoms with Gasteiger partial charge in [-0.15, -0.1) is 10.2 Å². The lowest BCUT2D eigenvalue weighted by atomic mass is 9.90. The van der Waals surface area contributed by atoms with Crippen LogP contribution in [-0.4, -0.2) is 49.5 Å². The highest BCUT2D eigenvalue weighted by atomic mass is 16.5. The van der Waals surface area contributed by atoms with E-state index in [1.165, 1.54) is 0 Å². The van der Waals surface area contributed by atoms with Crippen LogP contribution in [0.15, 0.2) is 61.3 Å². The summed E-state index contributed by atoms with van der Waals surface area (Å²) in [6.45, 7) is 4.11. The standard InChI is InChI=1S/C23H21N7O/c1-2-23-14-31-11-10-30(23)21-19(29-15-26-28-22(23)29)13-25-20(27-21)17-8-9-24-12-18(17)16-6-4-3-5-7-16/h3-9,12-13,15H,2,10-11,14H2,1H3/t23-/m1/s1. The van der Waals surface area contributed by atoms with Crippen molar-refractivity contribution < 1.29 is 4.74 Å². The summed E-state index contributed by atoms with van der Waals surface area (Å²) in [5.41, 5.74) is 3.56. The van der Waals surface area contributed by atoms with Crippen molar-refractivity contribution in [2.24, 2.45) is 0 Å². The van der Waals surface area contributed by atoms with Crippen LogP contribution in [0, 0.1) is 0 Å². The van der Waals surface area contributed by atoms with E-state index in [2.05, 4.69) is 39.1 Å². The summed E-state index contributed by atoms with van der Waals surface area (Å²) in [5.74, 6) is 2.44. The molecule has 0 spiro atoms. The second-order valence-corrected chi connectivity index (χ2v) is 7.80. The van der Waals surface area contributed by atoms with Crippen LogP contribution < -0.4 is 4.90 Å². The minimum absolute atomic E-state index is 0.381. The highest BCUT2D eigenvalue weighted by Gasteiger charge is 2.48. The molecule has 8 heteroatoms. The maximum absolute atomic E-state index is 5.89. The van der Waals surface area contributed by atoms with Crippen molar-refractivity contribution in [3.8, 4) is 28.2 Å². The first-order valence-electron chi connectivity index (χ1n) is 10.4. The second-order valence-electron chi connectivity index (χ2n) is 7.80. The van der Waals surface area contributed by atoms with Gasteiger partial charge < -0.3 is 9.64 Å². The van der Waals surface area contributed by atoms with Gasteiger partial charge in [-0.05, 0) is 18.1 Å². The molecule has 5 heterocycles. The van der Waals surface area contributed by atoms with Gasteiger partial charge in [-0.3, -0.25) is 9.55 Å². The molecule has 1 saturated heterocycles. The highest BCUT2D eigenvalue weighted by molar-refractivity contribution is 5.80. The quantitative estimate of drug-likeness (QED) is 0.512. The Morgan fingerprint density at radius 2 is 2.00 bits per heavy atom. The van der Waals surface area contributed by atoms with Crippen LogP contribution in [0.1, 0.15) is 19.2 Å². The molecule has 4 aromatic rings. The van der Waals surface area contributed by atoms with Crippen LogP contribution in [0.3, 0.4) is 0 Å². The van der Waals surface area contributed by atoms with E-state index < -0.39 is 0 Å². The van der Waals surface area contributed by atoms with Crippen LogP contribution in [0.2, 0.25) is 0 Å². The minimum atomic E-state index is -0.381. The van der Waals surface area contributed by atoms with E-state index in [4.69, 9.17) is 14.7 Å². The second kappa shape index (κ2) is 6.95. The van der Waals surface area contributed by atoms with Crippen molar-refractivity contribution in [2.45, 2.75) is 18.9 Å². The Labute approximate surface area is 179 Å². The van der Waals surface area contributed by atoms with Gasteiger partial charge in [0.2, 0.25) is 0 Å². The summed E-state index contributed by atoms with van der Waals surface area (Å²) in [6.07, 6.45) is 8.11. The zero-order valence-corrected chi connectivity index (χ0v) is 17.1. The number of pyridine rings is 1. The fourth-order valence-corrected chi connectivity index (χ4v) is 4.66. The largest absolute Gasteiger partial charge is 0.377 e. The summed E-state index contributed by atoms with van der Waals surface area (Å²) in [5, 5.41) is 8.63. The molecular weight excluding hydrogens is 390 g/mol. The van der Waals surface area contributed by atoms with Crippen molar-refractivity contribution >= 4 is 5.82 Å². The molecule has 0 N–H and O–H groups in total. The third kappa shape index (κ3) is 2.61. The van der Waals surface area contributed by atoms with Gasteiger partial charge in [0.1, 0.15) is 17.6 Å². The molecule has 0 unspecified atom stereocenters. The van der Waals surface area contributed by atoms with E-state index in [9.17, 15) is 0 Å². The molecule has 0 saturated carbocycles. The Morgan fingerprint density at radius 1 is 1.10 bits per heavy atom. The number of hydrogen-bond acceptors (Lipinski definition) is 7. The van der Waals surface area contributed by atoms with Crippen molar-refractivity contribution in [3.63, 3.8) is 0 Å². The molecule has 0 bridgehead atoms. The Morgan fingerprint density at radius 3 is 2.87 bits per heavy atom. The number of benzene rings is 1. The van der Waals surface area contributed by atoms with E-state index in [1.807, 2.05) is 41.2 Å². The van der Waals surface area contributed by atoms with Gasteiger partial charge in [0.15, 0.2) is 17.5 Å². The Hall–Kier alpha value is -3.65. The van der Waals surface area contributed by atoms with Gasteiger partial charge in [0.05, 0.1) is 19.4 Å². The molecule has 0 radical (unpaired) electrons. The molecule has 154 valence electrons. The van der Waals surface area contributed by atoms with Crippen LogP contribution in [-0.2, 0) is 10.3 Å². The maximum atomic E-state index is 5.89. The molecular formula is C23H21N7O. The fraction of sp³-hybridized carbons (Fsp3) is 0.261. The van der Waals surface area contributed by atoms with E-state index in [0.717, 1.165) is 47.0 Å². The third-order valence-corrected chi connectivity index (χ3v) is 6.28. The normalized spacial score (nSPS) is 19.5. The number of morpholine rings is 1. The molecule has 3 aromatic heterocycles. The zero-order chi connectivity index (χ0) is 20.8. The van der Waals surface area contributed by atoms with Crippen molar-refractivity contribution in [3.05, 3.63) is 67.1 Å². The van der Waals surface area contributed by atoms with Crippen LogP contribution in [0.5, 0.6) is 0 Å². The van der Waals surface area contributed by atoms with Crippen molar-refractivity contribution in [2.75, 3.05) is 24.7 Å². The first-order chi connectivity index (χ1) is 15.3. The van der Waals surface area contributed by atoms with Gasteiger partial charge >= 0.3 is 0 Å². The molecule has 31 heavy (non-hydrogen) atoms. The van der Waals surface area contributed by atoms with Gasteiger partial charge in [-0.2, -0.15) is 0 Å². The molecule has 6 rings (SSSR count). The third-order valence-electron chi connectivity index (χ3n) is 6.28. The topological polar surface area (TPSA) is 81.9 Å². The number of fused-ring (bicyclic) bond motifs is 6. The molecule has 0 aliphatic carbocycles. The lowest BCUT2D eigenvalue weighted by Gasteiger charge is -2.49. The summed E-state index contributed by atoms with van der Waals surface area (Å²) in [7, 11) is 0. The predicted molar refractivity (Wildman–Crippen MR) is 116 cm³/mol. The number of nitrogens with zero attached hydrogens (tertiary/aromatic N) is 7. The Balaban J connectivity index is 1.55. The Bertz CT molecular complexity index is 1260. The summed E-state index contributed by atoms with van der Waals surface area (Å²) < 4.78 is 7.89. The fourth-order valence-electron chi connectivity index (χ4n) is 4.66. The van der Waals surface area contributed by atoms with Crippen LogP contribution in [0.4, 0.5) is 5.82 Å². The predicted octanol–water partition coefficient (Wildman–Crippen LogP) is 3.24. The number of ether oxygens (including phenoxy) is 1. The molecule has 1 atom stereocenters. The van der Waals surface area contributed by atoms with Gasteiger partial charge in [0.25, 0.3) is 0 Å². The first-order valence-corrected chi connectivity index (χ1v) is 10.4. The zero-order valence-electron chi connectivity index (χ0n) is 17.1. The van der Waals surface area contributed by atoms with Gasteiger partial charge in [-0.1, -0.05) is 37.3 Å². The first kappa shape index (κ1) is 18.1. The monoisotopic (exact) mass is 411 g/mol. The smallest absolute Gasteiger partial charge is 0.165 e. The van der Waals surface area contributed by atoms with E-state index >= 15 is 0 Å². The lowest BCUT2D eigenvalue weighted by molar-refractivity contribution is 0.0391. The molecule has 8 nitrogen and oxygen atoms in total. The van der Waals surface area contributed by atoms with E-state index in [-0.39, 0.29) is 5.54 Å². The molecule has 2 aliphatic heterocycles. The molecule has 0 amide bonds. The van der Waals surface area contributed by atoms with Crippen LogP contribution >= 0.6 is 0 Å². The highest BCUT2D eigenvalue weighted by Crippen LogP contribution is 2.44. The minimum Gasteiger partial charge on any atom is -0.377 e. The van der Waals surface area contributed by atoms with Gasteiger partial charge in [-0.25, -0.2) is 9.97 Å². The van der Waals surface area contributed by atoms with Crippen molar-refractivity contribution in [1.29, 1.82) is 0 Å². The average molecular weight is 411 g/mol. The molecule has 2 aliphatic rings. The van der Waals surface area contributed by atoms with Gasteiger partial charge in [0, 0.05) is 30.1 Å². The number of hydrogen-bond donors (Lipinski definition) is 0. The summed E-state index contributed by atoms with van der Waals surface area (Å²) >= 11 is 0. The summed E-state index contributed by atoms with van der Waals surface area (Å²) in [6, 6.07) is 12.2. The maximum Gasteiger partial charge on any atom is 0.165 e. The van der Waals surface area contributed by atoms with E-state index in [1.54, 1.807) is 12.5 Å². The van der Waals surface area contributed by atoms with E-state index in [0.29, 0.717) is 19.0 Å². The van der Waals surface area contributed by atoms with Crippen molar-refractivity contribution in [1.82, 2.24) is 29.7 Å². The average Bonchev–Trinajstić information content (AvgIpc) is 3.35.